The Kier molecular flexibility index (Phi) is 4.16. The van der Waals surface area contributed by atoms with Crippen molar-refractivity contribution < 1.29 is 17.9 Å². The zero-order valence-electron chi connectivity index (χ0n) is 12.5. The second kappa shape index (κ2) is 6.28. The topological polar surface area (TPSA) is 35.2 Å². The van der Waals surface area contributed by atoms with Crippen LogP contribution in [0.1, 0.15) is 5.56 Å². The minimum atomic E-state index is -4.42. The van der Waals surface area contributed by atoms with Crippen molar-refractivity contribution in [3.8, 4) is 22.6 Å². The van der Waals surface area contributed by atoms with E-state index in [1.165, 1.54) is 12.1 Å². The third kappa shape index (κ3) is 3.51. The van der Waals surface area contributed by atoms with Gasteiger partial charge in [-0.1, -0.05) is 36.4 Å². The van der Waals surface area contributed by atoms with Gasteiger partial charge in [-0.2, -0.15) is 13.2 Å². The Labute approximate surface area is 137 Å². The van der Waals surface area contributed by atoms with Crippen LogP contribution in [0, 0.1) is 0 Å². The molecular weight excluding hydrogens is 315 g/mol. The normalized spacial score (nSPS) is 11.3. The maximum absolute atomic E-state index is 12.8. The fourth-order valence-corrected chi connectivity index (χ4v) is 2.34. The van der Waals surface area contributed by atoms with Crippen molar-refractivity contribution in [2.45, 2.75) is 6.18 Å². The van der Waals surface area contributed by atoms with E-state index in [0.29, 0.717) is 11.4 Å². The molecule has 0 aliphatic carbocycles. The number of ether oxygens (including phenoxy) is 1. The standard InChI is InChI=1S/C19H14F3NO/c20-19(21,22)14-7-4-8-16(11-14)24-18-12-15(23)9-10-17(18)13-5-2-1-3-6-13/h1-12H,23H2. The Morgan fingerprint density at radius 2 is 1.54 bits per heavy atom. The summed E-state index contributed by atoms with van der Waals surface area (Å²) in [7, 11) is 0. The van der Waals surface area contributed by atoms with Crippen LogP contribution in [0.3, 0.4) is 0 Å². The smallest absolute Gasteiger partial charge is 0.416 e. The number of halogens is 3. The van der Waals surface area contributed by atoms with E-state index in [1.807, 2.05) is 30.3 Å². The molecule has 0 radical (unpaired) electrons. The van der Waals surface area contributed by atoms with Crippen LogP contribution < -0.4 is 10.5 Å². The van der Waals surface area contributed by atoms with Gasteiger partial charge in [0.05, 0.1) is 5.56 Å². The molecule has 0 saturated heterocycles. The molecular formula is C19H14F3NO. The summed E-state index contributed by atoms with van der Waals surface area (Å²) in [4.78, 5) is 0. The predicted molar refractivity (Wildman–Crippen MR) is 87.8 cm³/mol. The van der Waals surface area contributed by atoms with E-state index in [9.17, 15) is 13.2 Å². The molecule has 2 N–H and O–H groups in total. The van der Waals surface area contributed by atoms with Crippen LogP contribution in [0.4, 0.5) is 18.9 Å². The number of anilines is 1. The molecule has 0 aromatic heterocycles. The Balaban J connectivity index is 2.00. The molecule has 5 heteroatoms. The van der Waals surface area contributed by atoms with E-state index >= 15 is 0 Å². The molecule has 0 atom stereocenters. The zero-order chi connectivity index (χ0) is 17.2. The van der Waals surface area contributed by atoms with Crippen LogP contribution in [0.15, 0.2) is 72.8 Å². The maximum Gasteiger partial charge on any atom is 0.416 e. The fourth-order valence-electron chi connectivity index (χ4n) is 2.34. The van der Waals surface area contributed by atoms with Gasteiger partial charge < -0.3 is 10.5 Å². The second-order valence-electron chi connectivity index (χ2n) is 5.25. The Bertz CT molecular complexity index is 845. The molecule has 3 aromatic carbocycles. The Hall–Kier alpha value is -2.95. The van der Waals surface area contributed by atoms with Gasteiger partial charge >= 0.3 is 6.18 Å². The monoisotopic (exact) mass is 329 g/mol. The summed E-state index contributed by atoms with van der Waals surface area (Å²) in [6.45, 7) is 0. The molecule has 0 heterocycles. The van der Waals surface area contributed by atoms with Crippen molar-refractivity contribution >= 4 is 5.69 Å². The summed E-state index contributed by atoms with van der Waals surface area (Å²) in [5, 5.41) is 0. The summed E-state index contributed by atoms with van der Waals surface area (Å²) in [5.41, 5.74) is 7.15. The van der Waals surface area contributed by atoms with Crippen LogP contribution in [0.2, 0.25) is 0 Å². The van der Waals surface area contributed by atoms with E-state index in [4.69, 9.17) is 10.5 Å². The number of nitrogens with two attached hydrogens (primary N) is 1. The first-order valence-corrected chi connectivity index (χ1v) is 7.23. The van der Waals surface area contributed by atoms with Crippen molar-refractivity contribution in [2.24, 2.45) is 0 Å². The fraction of sp³-hybridized carbons (Fsp3) is 0.0526. The minimum Gasteiger partial charge on any atom is -0.457 e. The zero-order valence-corrected chi connectivity index (χ0v) is 12.5. The van der Waals surface area contributed by atoms with Crippen LogP contribution in [0.25, 0.3) is 11.1 Å². The Morgan fingerprint density at radius 3 is 2.25 bits per heavy atom. The average Bonchev–Trinajstić information content (AvgIpc) is 2.55. The summed E-state index contributed by atoms with van der Waals surface area (Å²) in [5.74, 6) is 0.508. The number of hydrogen-bond acceptors (Lipinski definition) is 2. The summed E-state index contributed by atoms with van der Waals surface area (Å²) in [6.07, 6.45) is -4.42. The molecule has 0 amide bonds. The van der Waals surface area contributed by atoms with Gasteiger partial charge in [0.25, 0.3) is 0 Å². The number of rotatable bonds is 3. The molecule has 3 rings (SSSR count). The molecule has 0 unspecified atom stereocenters. The molecule has 0 spiro atoms. The first-order chi connectivity index (χ1) is 11.4. The molecule has 122 valence electrons. The van der Waals surface area contributed by atoms with Gasteiger partial charge in [0, 0.05) is 17.3 Å². The highest BCUT2D eigenvalue weighted by Gasteiger charge is 2.30. The van der Waals surface area contributed by atoms with Crippen molar-refractivity contribution in [3.63, 3.8) is 0 Å². The van der Waals surface area contributed by atoms with Crippen LogP contribution in [0.5, 0.6) is 11.5 Å². The van der Waals surface area contributed by atoms with Crippen LogP contribution in [-0.4, -0.2) is 0 Å². The SMILES string of the molecule is Nc1ccc(-c2ccccc2)c(Oc2cccc(C(F)(F)F)c2)c1. The number of nitrogen functional groups attached to an aromatic ring is 1. The Morgan fingerprint density at radius 1 is 0.792 bits per heavy atom. The van der Waals surface area contributed by atoms with E-state index in [2.05, 4.69) is 0 Å². The van der Waals surface area contributed by atoms with Gasteiger partial charge in [-0.15, -0.1) is 0 Å². The quantitative estimate of drug-likeness (QED) is 0.621. The molecule has 0 aliphatic rings. The van der Waals surface area contributed by atoms with Crippen molar-refractivity contribution in [2.75, 3.05) is 5.73 Å². The van der Waals surface area contributed by atoms with E-state index in [1.54, 1.807) is 18.2 Å². The third-order valence-electron chi connectivity index (χ3n) is 3.48. The van der Waals surface area contributed by atoms with Gasteiger partial charge in [-0.25, -0.2) is 0 Å². The van der Waals surface area contributed by atoms with Gasteiger partial charge in [-0.05, 0) is 35.9 Å². The summed E-state index contributed by atoms with van der Waals surface area (Å²) in [6, 6.07) is 19.3. The molecule has 0 bridgehead atoms. The highest BCUT2D eigenvalue weighted by Crippen LogP contribution is 2.37. The minimum absolute atomic E-state index is 0.104. The van der Waals surface area contributed by atoms with Gasteiger partial charge in [0.2, 0.25) is 0 Å². The highest BCUT2D eigenvalue weighted by atomic mass is 19.4. The predicted octanol–water partition coefficient (Wildman–Crippen LogP) is 5.75. The van der Waals surface area contributed by atoms with Gasteiger partial charge in [0.15, 0.2) is 0 Å². The summed E-state index contributed by atoms with van der Waals surface area (Å²) >= 11 is 0. The van der Waals surface area contributed by atoms with E-state index in [-0.39, 0.29) is 5.75 Å². The first-order valence-electron chi connectivity index (χ1n) is 7.23. The van der Waals surface area contributed by atoms with Crippen LogP contribution >= 0.6 is 0 Å². The lowest BCUT2D eigenvalue weighted by Crippen LogP contribution is -2.04. The van der Waals surface area contributed by atoms with Crippen molar-refractivity contribution in [1.29, 1.82) is 0 Å². The molecule has 0 aliphatic heterocycles. The largest absolute Gasteiger partial charge is 0.457 e. The van der Waals surface area contributed by atoms with Crippen molar-refractivity contribution in [3.05, 3.63) is 78.4 Å². The molecule has 2 nitrogen and oxygen atoms in total. The number of hydrogen-bond donors (Lipinski definition) is 1. The highest BCUT2D eigenvalue weighted by molar-refractivity contribution is 5.73. The first kappa shape index (κ1) is 15.9. The van der Waals surface area contributed by atoms with Crippen molar-refractivity contribution in [1.82, 2.24) is 0 Å². The van der Waals surface area contributed by atoms with E-state index < -0.39 is 11.7 Å². The lowest BCUT2D eigenvalue weighted by atomic mass is 10.0. The second-order valence-corrected chi connectivity index (χ2v) is 5.25. The average molecular weight is 329 g/mol. The third-order valence-corrected chi connectivity index (χ3v) is 3.48. The van der Waals surface area contributed by atoms with Gasteiger partial charge in [-0.3, -0.25) is 0 Å². The number of alkyl halides is 3. The molecule has 0 fully saturated rings. The molecule has 24 heavy (non-hydrogen) atoms. The lowest BCUT2D eigenvalue weighted by Gasteiger charge is -2.14. The maximum atomic E-state index is 12.8. The van der Waals surface area contributed by atoms with E-state index in [0.717, 1.165) is 23.3 Å². The molecule has 0 saturated carbocycles. The van der Waals surface area contributed by atoms with Crippen LogP contribution in [-0.2, 0) is 6.18 Å². The molecule has 3 aromatic rings. The van der Waals surface area contributed by atoms with Gasteiger partial charge in [0.1, 0.15) is 11.5 Å². The lowest BCUT2D eigenvalue weighted by molar-refractivity contribution is -0.137. The number of benzene rings is 3. The summed E-state index contributed by atoms with van der Waals surface area (Å²) < 4.78 is 44.2.